The van der Waals surface area contributed by atoms with Crippen LogP contribution in [0.1, 0.15) is 12.8 Å². The molecule has 0 bridgehead atoms. The molecule has 1 fully saturated rings. The van der Waals surface area contributed by atoms with Crippen LogP contribution in [0.4, 0.5) is 10.1 Å². The van der Waals surface area contributed by atoms with Crippen LogP contribution in [0.25, 0.3) is 0 Å². The van der Waals surface area contributed by atoms with Crippen molar-refractivity contribution in [2.24, 2.45) is 0 Å². The van der Waals surface area contributed by atoms with E-state index in [-0.39, 0.29) is 6.42 Å². The molecular formula is C17H24FN3O4. The third-order valence-corrected chi connectivity index (χ3v) is 3.94. The molecule has 138 valence electrons. The Kier molecular flexibility index (Phi) is 7.77. The molecular weight excluding hydrogens is 329 g/mol. The fourth-order valence-electron chi connectivity index (χ4n) is 2.61. The maximum absolute atomic E-state index is 13.1. The maximum atomic E-state index is 13.1. The van der Waals surface area contributed by atoms with Crippen LogP contribution in [0, 0.1) is 5.82 Å². The Morgan fingerprint density at radius 2 is 2.08 bits per heavy atom. The number of benzene rings is 1. The van der Waals surface area contributed by atoms with Crippen LogP contribution in [0.3, 0.4) is 0 Å². The lowest BCUT2D eigenvalue weighted by atomic mass is 10.2. The molecule has 1 atom stereocenters. The molecule has 1 aromatic carbocycles. The van der Waals surface area contributed by atoms with Crippen LogP contribution in [0.2, 0.25) is 0 Å². The summed E-state index contributed by atoms with van der Waals surface area (Å²) < 4.78 is 18.4. The van der Waals surface area contributed by atoms with E-state index in [0.29, 0.717) is 12.2 Å². The summed E-state index contributed by atoms with van der Waals surface area (Å²) in [5, 5.41) is 14.7. The molecule has 0 aliphatic carbocycles. The Hall–Kier alpha value is -2.03. The van der Waals surface area contributed by atoms with E-state index in [2.05, 4.69) is 15.5 Å². The first-order valence-corrected chi connectivity index (χ1v) is 8.36. The molecule has 1 aliphatic heterocycles. The van der Waals surface area contributed by atoms with Gasteiger partial charge in [-0.3, -0.25) is 14.5 Å². The number of rotatable bonds is 9. The number of nitrogens with one attached hydrogen (secondary N) is 2. The van der Waals surface area contributed by atoms with E-state index in [0.717, 1.165) is 39.3 Å². The van der Waals surface area contributed by atoms with Crippen LogP contribution in [0.15, 0.2) is 24.3 Å². The van der Waals surface area contributed by atoms with Crippen molar-refractivity contribution < 1.29 is 23.8 Å². The lowest BCUT2D eigenvalue weighted by molar-refractivity contribution is -0.141. The summed E-state index contributed by atoms with van der Waals surface area (Å²) in [5.41, 5.74) is 0.307. The van der Waals surface area contributed by atoms with E-state index in [9.17, 15) is 19.1 Å². The molecule has 2 rings (SSSR count). The van der Waals surface area contributed by atoms with E-state index in [4.69, 9.17) is 4.74 Å². The number of aliphatic carboxylic acids is 1. The third kappa shape index (κ3) is 7.16. The molecule has 1 aromatic rings. The smallest absolute Gasteiger partial charge is 0.321 e. The van der Waals surface area contributed by atoms with Gasteiger partial charge in [0.05, 0.1) is 19.6 Å². The highest BCUT2D eigenvalue weighted by Crippen LogP contribution is 2.10. The van der Waals surface area contributed by atoms with Gasteiger partial charge in [-0.1, -0.05) is 6.07 Å². The largest absolute Gasteiger partial charge is 0.480 e. The third-order valence-electron chi connectivity index (χ3n) is 3.94. The summed E-state index contributed by atoms with van der Waals surface area (Å²) in [7, 11) is 0. The molecule has 0 spiro atoms. The minimum atomic E-state index is -1.08. The zero-order chi connectivity index (χ0) is 18.1. The second-order valence-electron chi connectivity index (χ2n) is 5.92. The second kappa shape index (κ2) is 10.1. The number of hydrogen-bond acceptors (Lipinski definition) is 5. The predicted molar refractivity (Wildman–Crippen MR) is 90.9 cm³/mol. The molecule has 0 aromatic heterocycles. The summed E-state index contributed by atoms with van der Waals surface area (Å²) in [6.45, 7) is 4.59. The molecule has 0 unspecified atom stereocenters. The van der Waals surface area contributed by atoms with Crippen molar-refractivity contribution in [3.05, 3.63) is 30.1 Å². The lowest BCUT2D eigenvalue weighted by Crippen LogP contribution is -2.42. The average Bonchev–Trinajstić information content (AvgIpc) is 2.58. The number of morpholine rings is 1. The van der Waals surface area contributed by atoms with Crippen LogP contribution >= 0.6 is 0 Å². The first-order chi connectivity index (χ1) is 12.0. The molecule has 1 saturated heterocycles. The van der Waals surface area contributed by atoms with Gasteiger partial charge >= 0.3 is 5.97 Å². The zero-order valence-electron chi connectivity index (χ0n) is 14.0. The Morgan fingerprint density at radius 3 is 2.76 bits per heavy atom. The Labute approximate surface area is 146 Å². The van der Waals surface area contributed by atoms with Crippen molar-refractivity contribution >= 4 is 17.6 Å². The van der Waals surface area contributed by atoms with Crippen molar-refractivity contribution in [1.82, 2.24) is 10.2 Å². The van der Waals surface area contributed by atoms with E-state index in [1.807, 2.05) is 0 Å². The highest BCUT2D eigenvalue weighted by atomic mass is 19.1. The van der Waals surface area contributed by atoms with E-state index in [1.54, 1.807) is 6.07 Å². The Bertz CT molecular complexity index is 579. The van der Waals surface area contributed by atoms with Crippen molar-refractivity contribution in [2.45, 2.75) is 18.9 Å². The molecule has 8 heteroatoms. The van der Waals surface area contributed by atoms with Gasteiger partial charge in [-0.05, 0) is 37.7 Å². The van der Waals surface area contributed by atoms with Gasteiger partial charge in [0, 0.05) is 18.8 Å². The molecule has 7 nitrogen and oxygen atoms in total. The number of hydrogen-bond donors (Lipinski definition) is 3. The van der Waals surface area contributed by atoms with Crippen LogP contribution in [-0.4, -0.2) is 67.3 Å². The van der Waals surface area contributed by atoms with Gasteiger partial charge in [0.25, 0.3) is 0 Å². The summed E-state index contributed by atoms with van der Waals surface area (Å²) in [6.07, 6.45) is 0.568. The molecule has 1 heterocycles. The minimum Gasteiger partial charge on any atom is -0.480 e. The number of carboxylic acids is 1. The van der Waals surface area contributed by atoms with Gasteiger partial charge < -0.3 is 20.5 Å². The Morgan fingerprint density at radius 1 is 1.32 bits per heavy atom. The fraction of sp³-hybridized carbons (Fsp3) is 0.529. The van der Waals surface area contributed by atoms with Gasteiger partial charge in [-0.15, -0.1) is 0 Å². The zero-order valence-corrected chi connectivity index (χ0v) is 14.0. The SMILES string of the molecule is O=C(C[C@@H](NCCCN1CCOCC1)C(=O)O)Nc1cccc(F)c1. The highest BCUT2D eigenvalue weighted by molar-refractivity contribution is 5.94. The van der Waals surface area contributed by atoms with Crippen molar-refractivity contribution in [3.63, 3.8) is 0 Å². The molecule has 3 N–H and O–H groups in total. The minimum absolute atomic E-state index is 0.219. The first kappa shape index (κ1) is 19.3. The monoisotopic (exact) mass is 353 g/mol. The lowest BCUT2D eigenvalue weighted by Gasteiger charge is -2.26. The van der Waals surface area contributed by atoms with Gasteiger partial charge in [0.1, 0.15) is 11.9 Å². The standard InChI is InChI=1S/C17H24FN3O4/c18-13-3-1-4-14(11-13)20-16(22)12-15(17(23)24)19-5-2-6-21-7-9-25-10-8-21/h1,3-4,11,15,19H,2,5-10,12H2,(H,20,22)(H,23,24)/t15-/m1/s1. The summed E-state index contributed by atoms with van der Waals surface area (Å²) in [5.74, 6) is -2.02. The fourth-order valence-corrected chi connectivity index (χ4v) is 2.61. The van der Waals surface area contributed by atoms with Crippen molar-refractivity contribution in [1.29, 1.82) is 0 Å². The quantitative estimate of drug-likeness (QED) is 0.572. The number of ether oxygens (including phenoxy) is 1. The Balaban J connectivity index is 1.71. The number of halogens is 1. The summed E-state index contributed by atoms with van der Waals surface area (Å²) in [6, 6.07) is 4.50. The van der Waals surface area contributed by atoms with Gasteiger partial charge in [0.2, 0.25) is 5.91 Å². The number of carbonyl (C=O) groups excluding carboxylic acids is 1. The molecule has 1 aliphatic rings. The van der Waals surface area contributed by atoms with Gasteiger partial charge in [-0.25, -0.2) is 4.39 Å². The van der Waals surface area contributed by atoms with Crippen molar-refractivity contribution in [3.8, 4) is 0 Å². The number of carboxylic acid groups (broad SMARTS) is 1. The number of carbonyl (C=O) groups is 2. The first-order valence-electron chi connectivity index (χ1n) is 8.36. The molecule has 0 radical (unpaired) electrons. The molecule has 25 heavy (non-hydrogen) atoms. The molecule has 1 amide bonds. The molecule has 0 saturated carbocycles. The van der Waals surface area contributed by atoms with Gasteiger partial charge in [0.15, 0.2) is 0 Å². The van der Waals surface area contributed by atoms with Crippen LogP contribution in [0.5, 0.6) is 0 Å². The van der Waals surface area contributed by atoms with Gasteiger partial charge in [-0.2, -0.15) is 0 Å². The van der Waals surface area contributed by atoms with E-state index >= 15 is 0 Å². The summed E-state index contributed by atoms with van der Waals surface area (Å²) in [4.78, 5) is 25.5. The summed E-state index contributed by atoms with van der Waals surface area (Å²) >= 11 is 0. The number of nitrogens with zero attached hydrogens (tertiary/aromatic N) is 1. The topological polar surface area (TPSA) is 90.9 Å². The average molecular weight is 353 g/mol. The highest BCUT2D eigenvalue weighted by Gasteiger charge is 2.21. The number of anilines is 1. The number of amides is 1. The van der Waals surface area contributed by atoms with E-state index < -0.39 is 23.7 Å². The second-order valence-corrected chi connectivity index (χ2v) is 5.92. The van der Waals surface area contributed by atoms with Crippen molar-refractivity contribution in [2.75, 3.05) is 44.7 Å². The van der Waals surface area contributed by atoms with Crippen LogP contribution < -0.4 is 10.6 Å². The predicted octanol–water partition coefficient (Wildman–Crippen LogP) is 0.919. The van der Waals surface area contributed by atoms with E-state index in [1.165, 1.54) is 18.2 Å². The normalized spacial score (nSPS) is 16.4. The maximum Gasteiger partial charge on any atom is 0.321 e. The van der Waals surface area contributed by atoms with Crippen LogP contribution in [-0.2, 0) is 14.3 Å².